The van der Waals surface area contributed by atoms with Gasteiger partial charge in [0, 0.05) is 13.6 Å². The molecule has 96 valence electrons. The van der Waals surface area contributed by atoms with Crippen LogP contribution < -0.4 is 5.32 Å². The monoisotopic (exact) mass is 349 g/mol. The number of hydrogen-bond acceptors (Lipinski definition) is 2. The van der Waals surface area contributed by atoms with Gasteiger partial charge in [0.05, 0.1) is 5.69 Å². The third kappa shape index (κ3) is 4.65. The van der Waals surface area contributed by atoms with Crippen LogP contribution in [0, 0.1) is 0 Å². The van der Waals surface area contributed by atoms with Crippen LogP contribution in [-0.2, 0) is 13.5 Å². The van der Waals surface area contributed by atoms with E-state index in [1.54, 1.807) is 4.68 Å². The van der Waals surface area contributed by atoms with Crippen molar-refractivity contribution in [1.29, 1.82) is 0 Å². The molecular weight excluding hydrogens is 329 g/mol. The van der Waals surface area contributed by atoms with Gasteiger partial charge >= 0.3 is 0 Å². The van der Waals surface area contributed by atoms with Gasteiger partial charge in [0.1, 0.15) is 5.69 Å². The van der Waals surface area contributed by atoms with Crippen molar-refractivity contribution in [3.63, 3.8) is 0 Å². The van der Waals surface area contributed by atoms with Crippen LogP contribution in [0.4, 0.5) is 0 Å². The number of unbranched alkanes of at least 4 members (excludes halogenated alkanes) is 2. The summed E-state index contributed by atoms with van der Waals surface area (Å²) in [6.07, 6.45) is 4.31. The molecule has 0 bridgehead atoms. The highest BCUT2D eigenvalue weighted by Crippen LogP contribution is 2.04. The van der Waals surface area contributed by atoms with Gasteiger partial charge in [0.25, 0.3) is 5.91 Å². The molecule has 0 atom stereocenters. The summed E-state index contributed by atoms with van der Waals surface area (Å²) >= 11 is 2.37. The number of nitrogens with zero attached hydrogens (tertiary/aromatic N) is 2. The third-order valence-electron chi connectivity index (χ3n) is 2.62. The van der Waals surface area contributed by atoms with Crippen molar-refractivity contribution in [2.45, 2.75) is 32.6 Å². The summed E-state index contributed by atoms with van der Waals surface area (Å²) < 4.78 is 2.84. The number of rotatable bonds is 7. The Kier molecular flexibility index (Phi) is 6.54. The zero-order valence-corrected chi connectivity index (χ0v) is 12.7. The summed E-state index contributed by atoms with van der Waals surface area (Å²) in [5.41, 5.74) is 1.61. The van der Waals surface area contributed by atoms with Gasteiger partial charge in [-0.1, -0.05) is 35.9 Å². The standard InChI is InChI=1S/C12H20IN3O/c1-3-10-9-11(16(2)15-10)12(17)14-8-6-4-5-7-13/h9H,3-8H2,1-2H3,(H,14,17). The van der Waals surface area contributed by atoms with Gasteiger partial charge in [-0.05, 0) is 29.8 Å². The van der Waals surface area contributed by atoms with Gasteiger partial charge < -0.3 is 5.32 Å². The van der Waals surface area contributed by atoms with Crippen LogP contribution in [0.15, 0.2) is 6.07 Å². The topological polar surface area (TPSA) is 46.9 Å². The molecule has 1 rings (SSSR count). The van der Waals surface area contributed by atoms with Crippen molar-refractivity contribution < 1.29 is 4.79 Å². The van der Waals surface area contributed by atoms with Crippen molar-refractivity contribution in [1.82, 2.24) is 15.1 Å². The summed E-state index contributed by atoms with van der Waals surface area (Å²) in [6, 6.07) is 1.86. The number of aromatic nitrogens is 2. The van der Waals surface area contributed by atoms with Gasteiger partial charge in [-0.15, -0.1) is 0 Å². The van der Waals surface area contributed by atoms with Crippen LogP contribution in [0.5, 0.6) is 0 Å². The highest BCUT2D eigenvalue weighted by Gasteiger charge is 2.11. The van der Waals surface area contributed by atoms with E-state index >= 15 is 0 Å². The Morgan fingerprint density at radius 1 is 1.47 bits per heavy atom. The largest absolute Gasteiger partial charge is 0.351 e. The van der Waals surface area contributed by atoms with E-state index in [0.29, 0.717) is 5.69 Å². The van der Waals surface area contributed by atoms with Gasteiger partial charge in [0.15, 0.2) is 0 Å². The average Bonchev–Trinajstić information content (AvgIpc) is 2.70. The van der Waals surface area contributed by atoms with E-state index < -0.39 is 0 Å². The fourth-order valence-electron chi connectivity index (χ4n) is 1.60. The molecule has 0 fully saturated rings. The van der Waals surface area contributed by atoms with Crippen LogP contribution in [0.3, 0.4) is 0 Å². The highest BCUT2D eigenvalue weighted by atomic mass is 127. The predicted molar refractivity (Wildman–Crippen MR) is 77.7 cm³/mol. The number of carbonyl (C=O) groups excluding carboxylic acids is 1. The number of nitrogens with one attached hydrogen (secondary N) is 1. The van der Waals surface area contributed by atoms with Gasteiger partial charge in [-0.25, -0.2) is 0 Å². The molecule has 0 aliphatic rings. The van der Waals surface area contributed by atoms with E-state index in [1.807, 2.05) is 20.0 Å². The Balaban J connectivity index is 2.38. The first-order valence-corrected chi connectivity index (χ1v) is 7.58. The second-order valence-corrected chi connectivity index (χ2v) is 5.08. The molecule has 1 N–H and O–H groups in total. The van der Waals surface area contributed by atoms with Crippen LogP contribution in [0.2, 0.25) is 0 Å². The van der Waals surface area contributed by atoms with E-state index in [0.717, 1.165) is 25.1 Å². The molecule has 0 aromatic carbocycles. The number of halogens is 1. The van der Waals surface area contributed by atoms with Crippen molar-refractivity contribution >= 4 is 28.5 Å². The van der Waals surface area contributed by atoms with E-state index in [4.69, 9.17) is 0 Å². The normalized spacial score (nSPS) is 10.5. The molecule has 0 unspecified atom stereocenters. The maximum Gasteiger partial charge on any atom is 0.269 e. The minimum atomic E-state index is -0.0193. The Bertz CT molecular complexity index is 363. The lowest BCUT2D eigenvalue weighted by Crippen LogP contribution is -2.26. The summed E-state index contributed by atoms with van der Waals surface area (Å²) in [5, 5.41) is 7.20. The molecule has 1 aromatic rings. The second-order valence-electron chi connectivity index (χ2n) is 4.00. The molecule has 0 aliphatic carbocycles. The Morgan fingerprint density at radius 3 is 2.82 bits per heavy atom. The van der Waals surface area contributed by atoms with Crippen molar-refractivity contribution in [2.24, 2.45) is 7.05 Å². The smallest absolute Gasteiger partial charge is 0.269 e. The molecule has 0 aliphatic heterocycles. The van der Waals surface area contributed by atoms with E-state index in [-0.39, 0.29) is 5.91 Å². The quantitative estimate of drug-likeness (QED) is 0.467. The molecule has 5 heteroatoms. The van der Waals surface area contributed by atoms with Gasteiger partial charge in [-0.3, -0.25) is 9.48 Å². The van der Waals surface area contributed by atoms with E-state index in [2.05, 4.69) is 33.0 Å². The summed E-state index contributed by atoms with van der Waals surface area (Å²) in [4.78, 5) is 11.9. The lowest BCUT2D eigenvalue weighted by Gasteiger charge is -2.04. The second kappa shape index (κ2) is 7.68. The zero-order valence-electron chi connectivity index (χ0n) is 10.5. The van der Waals surface area contributed by atoms with Crippen LogP contribution in [0.1, 0.15) is 42.4 Å². The highest BCUT2D eigenvalue weighted by molar-refractivity contribution is 14.1. The molecule has 0 saturated heterocycles. The zero-order chi connectivity index (χ0) is 12.7. The summed E-state index contributed by atoms with van der Waals surface area (Å²) in [6.45, 7) is 2.79. The lowest BCUT2D eigenvalue weighted by molar-refractivity contribution is 0.0943. The molecule has 0 radical (unpaired) electrons. The number of amides is 1. The van der Waals surface area contributed by atoms with E-state index in [9.17, 15) is 4.79 Å². The number of carbonyl (C=O) groups is 1. The van der Waals surface area contributed by atoms with Crippen LogP contribution >= 0.6 is 22.6 Å². The fourth-order valence-corrected chi connectivity index (χ4v) is 2.14. The van der Waals surface area contributed by atoms with Crippen molar-refractivity contribution in [2.75, 3.05) is 11.0 Å². The Morgan fingerprint density at radius 2 is 2.24 bits per heavy atom. The molecule has 1 heterocycles. The first-order valence-electron chi connectivity index (χ1n) is 6.06. The molecule has 0 saturated carbocycles. The van der Waals surface area contributed by atoms with Crippen LogP contribution in [0.25, 0.3) is 0 Å². The van der Waals surface area contributed by atoms with E-state index in [1.165, 1.54) is 17.3 Å². The minimum Gasteiger partial charge on any atom is -0.351 e. The molecule has 1 amide bonds. The Hall–Kier alpha value is -0.590. The van der Waals surface area contributed by atoms with Gasteiger partial charge in [0.2, 0.25) is 0 Å². The minimum absolute atomic E-state index is 0.0193. The Labute approximate surface area is 116 Å². The number of alkyl halides is 1. The van der Waals surface area contributed by atoms with Crippen LogP contribution in [-0.4, -0.2) is 26.7 Å². The first kappa shape index (κ1) is 14.5. The summed E-state index contributed by atoms with van der Waals surface area (Å²) in [5.74, 6) is -0.0193. The SMILES string of the molecule is CCc1cc(C(=O)NCCCCCI)n(C)n1. The molecule has 17 heavy (non-hydrogen) atoms. The van der Waals surface area contributed by atoms with Gasteiger partial charge in [-0.2, -0.15) is 5.10 Å². The number of hydrogen-bond donors (Lipinski definition) is 1. The predicted octanol–water partition coefficient (Wildman–Crippen LogP) is 2.32. The molecule has 1 aromatic heterocycles. The molecule has 0 spiro atoms. The third-order valence-corrected chi connectivity index (χ3v) is 3.38. The number of aryl methyl sites for hydroxylation is 2. The van der Waals surface area contributed by atoms with Crippen molar-refractivity contribution in [3.05, 3.63) is 17.5 Å². The first-order chi connectivity index (χ1) is 8.19. The summed E-state index contributed by atoms with van der Waals surface area (Å²) in [7, 11) is 1.81. The molecule has 4 nitrogen and oxygen atoms in total. The average molecular weight is 349 g/mol. The maximum absolute atomic E-state index is 11.9. The molecular formula is C12H20IN3O. The lowest BCUT2D eigenvalue weighted by atomic mass is 10.2. The van der Waals surface area contributed by atoms with Crippen molar-refractivity contribution in [3.8, 4) is 0 Å². The fraction of sp³-hybridized carbons (Fsp3) is 0.667. The maximum atomic E-state index is 11.9.